The van der Waals surface area contributed by atoms with Crippen molar-refractivity contribution in [2.75, 3.05) is 7.11 Å². The summed E-state index contributed by atoms with van der Waals surface area (Å²) in [6.45, 7) is 5.73. The molecular formula is C30H28N2O5S2. The molecule has 5 rings (SSSR count). The Bertz CT molecular complexity index is 1700. The molecule has 2 aromatic heterocycles. The number of rotatable bonds is 8. The molecule has 0 fully saturated rings. The summed E-state index contributed by atoms with van der Waals surface area (Å²) in [6, 6.07) is 18.5. The summed E-state index contributed by atoms with van der Waals surface area (Å²) in [5.41, 5.74) is 2.33. The van der Waals surface area contributed by atoms with Crippen molar-refractivity contribution in [2.24, 2.45) is 4.99 Å². The minimum Gasteiger partial charge on any atom is -0.493 e. The number of aromatic nitrogens is 1. The highest BCUT2D eigenvalue weighted by Crippen LogP contribution is 2.36. The van der Waals surface area contributed by atoms with Gasteiger partial charge in [-0.15, -0.1) is 11.3 Å². The lowest BCUT2D eigenvalue weighted by Crippen LogP contribution is -2.40. The lowest BCUT2D eigenvalue weighted by atomic mass is 9.95. The molecule has 0 bridgehead atoms. The first-order valence-electron chi connectivity index (χ1n) is 12.5. The zero-order chi connectivity index (χ0) is 27.5. The highest BCUT2D eigenvalue weighted by molar-refractivity contribution is 7.11. The minimum atomic E-state index is -0.741. The van der Waals surface area contributed by atoms with Gasteiger partial charge in [0.25, 0.3) is 5.56 Å². The Morgan fingerprint density at radius 3 is 2.59 bits per heavy atom. The highest BCUT2D eigenvalue weighted by atomic mass is 32.1. The predicted molar refractivity (Wildman–Crippen MR) is 153 cm³/mol. The number of carbonyl (C=O) groups excluding carboxylic acids is 1. The lowest BCUT2D eigenvalue weighted by Gasteiger charge is -2.26. The molecule has 7 nitrogen and oxygen atoms in total. The van der Waals surface area contributed by atoms with E-state index in [4.69, 9.17) is 14.2 Å². The Morgan fingerprint density at radius 2 is 1.90 bits per heavy atom. The van der Waals surface area contributed by atoms with Crippen LogP contribution in [0.3, 0.4) is 0 Å². The quantitative estimate of drug-likeness (QED) is 0.288. The average molecular weight is 561 g/mol. The first kappa shape index (κ1) is 26.6. The summed E-state index contributed by atoms with van der Waals surface area (Å²) < 4.78 is 19.4. The molecule has 0 spiro atoms. The maximum atomic E-state index is 13.8. The fourth-order valence-corrected chi connectivity index (χ4v) is 6.16. The van der Waals surface area contributed by atoms with Crippen LogP contribution in [0.1, 0.15) is 42.8 Å². The summed E-state index contributed by atoms with van der Waals surface area (Å²) >= 11 is 2.85. The van der Waals surface area contributed by atoms with Crippen molar-refractivity contribution in [3.63, 3.8) is 0 Å². The number of nitrogens with zero attached hydrogens (tertiary/aromatic N) is 2. The molecule has 0 amide bonds. The second kappa shape index (κ2) is 11.4. The first-order chi connectivity index (χ1) is 18.9. The van der Waals surface area contributed by atoms with E-state index >= 15 is 0 Å². The van der Waals surface area contributed by atoms with Crippen LogP contribution in [0.15, 0.2) is 87.1 Å². The van der Waals surface area contributed by atoms with Gasteiger partial charge in [-0.2, -0.15) is 0 Å². The molecule has 0 saturated heterocycles. The van der Waals surface area contributed by atoms with E-state index in [2.05, 4.69) is 4.99 Å². The Balaban J connectivity index is 1.62. The van der Waals surface area contributed by atoms with E-state index < -0.39 is 12.0 Å². The van der Waals surface area contributed by atoms with Gasteiger partial charge >= 0.3 is 5.97 Å². The fourth-order valence-electron chi connectivity index (χ4n) is 4.39. The van der Waals surface area contributed by atoms with E-state index in [-0.39, 0.29) is 11.7 Å². The minimum absolute atomic E-state index is 0.220. The topological polar surface area (TPSA) is 79.1 Å². The maximum absolute atomic E-state index is 13.8. The molecule has 1 aliphatic heterocycles. The molecule has 1 atom stereocenters. The molecule has 0 N–H and O–H groups in total. The number of benzene rings is 2. The largest absolute Gasteiger partial charge is 0.493 e. The highest BCUT2D eigenvalue weighted by Gasteiger charge is 2.34. The number of fused-ring (bicyclic) bond motifs is 1. The third-order valence-corrected chi connectivity index (χ3v) is 7.94. The van der Waals surface area contributed by atoms with Crippen molar-refractivity contribution in [2.45, 2.75) is 39.5 Å². The molecule has 3 heterocycles. The van der Waals surface area contributed by atoms with Crippen molar-refractivity contribution < 1.29 is 19.0 Å². The van der Waals surface area contributed by atoms with Gasteiger partial charge in [-0.25, -0.2) is 9.79 Å². The van der Waals surface area contributed by atoms with Gasteiger partial charge in [-0.3, -0.25) is 9.36 Å². The zero-order valence-electron chi connectivity index (χ0n) is 22.0. The molecule has 0 radical (unpaired) electrons. The fraction of sp³-hybridized carbons (Fsp3) is 0.233. The van der Waals surface area contributed by atoms with E-state index in [1.807, 2.05) is 66.1 Å². The van der Waals surface area contributed by atoms with Gasteiger partial charge < -0.3 is 14.2 Å². The van der Waals surface area contributed by atoms with Gasteiger partial charge in [0.05, 0.1) is 35.1 Å². The number of thiophene rings is 1. The van der Waals surface area contributed by atoms with Crippen LogP contribution in [0, 0.1) is 0 Å². The molecule has 0 aliphatic carbocycles. The van der Waals surface area contributed by atoms with E-state index in [1.165, 1.54) is 11.3 Å². The second-order valence-electron chi connectivity index (χ2n) is 9.24. The number of esters is 1. The van der Waals surface area contributed by atoms with Crippen LogP contribution in [0.25, 0.3) is 6.08 Å². The predicted octanol–water partition coefficient (Wildman–Crippen LogP) is 4.84. The van der Waals surface area contributed by atoms with E-state index in [1.54, 1.807) is 49.9 Å². The summed E-state index contributed by atoms with van der Waals surface area (Å²) in [5.74, 6) is 0.546. The molecule has 1 unspecified atom stereocenters. The number of allylic oxidation sites excluding steroid dienone is 1. The smallest absolute Gasteiger partial charge is 0.338 e. The SMILES string of the molecule is COc1cc(C2C(C(=O)OC(C)C)=C(C)N=c3sc(=Cc4cccs4)c(=O)n32)ccc1OCc1ccccc1. The number of carbonyl (C=O) groups is 1. The molecule has 200 valence electrons. The summed E-state index contributed by atoms with van der Waals surface area (Å²) in [6.07, 6.45) is 1.53. The normalized spacial score (nSPS) is 15.2. The van der Waals surface area contributed by atoms with Crippen LogP contribution in [0.4, 0.5) is 0 Å². The van der Waals surface area contributed by atoms with Gasteiger partial charge in [0.15, 0.2) is 16.3 Å². The van der Waals surface area contributed by atoms with Gasteiger partial charge in [-0.05, 0) is 61.6 Å². The van der Waals surface area contributed by atoms with Crippen LogP contribution in [-0.2, 0) is 16.1 Å². The number of thiazole rings is 1. The van der Waals surface area contributed by atoms with Crippen molar-refractivity contribution in [3.05, 3.63) is 113 Å². The zero-order valence-corrected chi connectivity index (χ0v) is 23.7. The Kier molecular flexibility index (Phi) is 7.81. The number of methoxy groups -OCH3 is 1. The summed E-state index contributed by atoms with van der Waals surface area (Å²) in [4.78, 5) is 33.3. The standard InChI is InChI=1S/C30H28N2O5S2/c1-18(2)37-29(34)26-19(3)31-30-32(28(33)25(39-30)16-22-11-8-14-38-22)27(26)21-12-13-23(24(15-21)35-4)36-17-20-9-6-5-7-10-20/h5-16,18,27H,17H2,1-4H3. The first-order valence-corrected chi connectivity index (χ1v) is 14.2. The van der Waals surface area contributed by atoms with Gasteiger partial charge in [-0.1, -0.05) is 53.8 Å². The van der Waals surface area contributed by atoms with Gasteiger partial charge in [0.1, 0.15) is 6.61 Å². The molecule has 2 aromatic carbocycles. The average Bonchev–Trinajstić information content (AvgIpc) is 3.54. The Morgan fingerprint density at radius 1 is 1.10 bits per heavy atom. The van der Waals surface area contributed by atoms with Crippen molar-refractivity contribution in [3.8, 4) is 11.5 Å². The van der Waals surface area contributed by atoms with Gasteiger partial charge in [0, 0.05) is 4.88 Å². The van der Waals surface area contributed by atoms with Crippen molar-refractivity contribution in [1.82, 2.24) is 4.57 Å². The van der Waals surface area contributed by atoms with Crippen molar-refractivity contribution in [1.29, 1.82) is 0 Å². The molecule has 0 saturated carbocycles. The second-order valence-corrected chi connectivity index (χ2v) is 11.2. The molecule has 39 heavy (non-hydrogen) atoms. The van der Waals surface area contributed by atoms with E-state index in [0.717, 1.165) is 10.4 Å². The Labute approximate surface area is 234 Å². The van der Waals surface area contributed by atoms with Crippen LogP contribution in [-0.4, -0.2) is 23.8 Å². The van der Waals surface area contributed by atoms with E-state index in [0.29, 0.717) is 44.3 Å². The number of hydrogen-bond acceptors (Lipinski definition) is 8. The monoisotopic (exact) mass is 560 g/mol. The summed E-state index contributed by atoms with van der Waals surface area (Å²) in [5, 5.41) is 1.96. The molecule has 4 aromatic rings. The van der Waals surface area contributed by atoms with Crippen LogP contribution in [0.2, 0.25) is 0 Å². The van der Waals surface area contributed by atoms with Crippen LogP contribution in [0.5, 0.6) is 11.5 Å². The van der Waals surface area contributed by atoms with Crippen molar-refractivity contribution >= 4 is 34.7 Å². The third kappa shape index (κ3) is 5.60. The molecular weight excluding hydrogens is 532 g/mol. The number of hydrogen-bond donors (Lipinski definition) is 0. The Hall–Kier alpha value is -3.95. The van der Waals surface area contributed by atoms with Crippen LogP contribution < -0.4 is 24.4 Å². The van der Waals surface area contributed by atoms with E-state index in [9.17, 15) is 9.59 Å². The third-order valence-electron chi connectivity index (χ3n) is 6.14. The lowest BCUT2D eigenvalue weighted by molar-refractivity contribution is -0.143. The molecule has 9 heteroatoms. The van der Waals surface area contributed by atoms with Gasteiger partial charge in [0.2, 0.25) is 0 Å². The van der Waals surface area contributed by atoms with Crippen LogP contribution >= 0.6 is 22.7 Å². The molecule has 1 aliphatic rings. The summed E-state index contributed by atoms with van der Waals surface area (Å²) in [7, 11) is 1.57. The maximum Gasteiger partial charge on any atom is 0.338 e. The number of ether oxygens (including phenoxy) is 3.